The van der Waals surface area contributed by atoms with Crippen LogP contribution in [0.5, 0.6) is 0 Å². The normalized spacial score (nSPS) is 16.2. The maximum atomic E-state index is 12.5. The fourth-order valence-corrected chi connectivity index (χ4v) is 2.19. The maximum Gasteiger partial charge on any atom is 0.412 e. The van der Waals surface area contributed by atoms with Crippen LogP contribution in [0, 0.1) is 0 Å². The van der Waals surface area contributed by atoms with Gasteiger partial charge in [-0.1, -0.05) is 18.2 Å². The smallest absolute Gasteiger partial charge is 0.367 e. The van der Waals surface area contributed by atoms with Gasteiger partial charge in [0, 0.05) is 29.9 Å². The number of hydrogen-bond donors (Lipinski definition) is 0. The number of benzene rings is 1. The molecule has 2 rings (SSSR count). The van der Waals surface area contributed by atoms with Crippen molar-refractivity contribution in [3.8, 4) is 0 Å². The highest BCUT2D eigenvalue weighted by atomic mass is 19.4. The van der Waals surface area contributed by atoms with Crippen LogP contribution in [-0.4, -0.2) is 25.0 Å². The minimum absolute atomic E-state index is 0.0459. The lowest BCUT2D eigenvalue weighted by Gasteiger charge is -2.30. The quantitative estimate of drug-likeness (QED) is 0.604. The molecule has 0 N–H and O–H groups in total. The van der Waals surface area contributed by atoms with Crippen molar-refractivity contribution < 1.29 is 18.0 Å². The first kappa shape index (κ1) is 13.6. The van der Waals surface area contributed by atoms with Gasteiger partial charge in [-0.3, -0.25) is 4.79 Å². The van der Waals surface area contributed by atoms with E-state index in [1.807, 2.05) is 0 Å². The van der Waals surface area contributed by atoms with E-state index < -0.39 is 11.7 Å². The Bertz CT molecular complexity index is 520. The average Bonchev–Trinajstić information content (AvgIpc) is 2.38. The van der Waals surface area contributed by atoms with Gasteiger partial charge in [-0.25, -0.2) is 0 Å². The molecule has 0 atom stereocenters. The summed E-state index contributed by atoms with van der Waals surface area (Å²) in [5, 5.41) is 0. The maximum absolute atomic E-state index is 12.5. The standard InChI is InChI=1S/C14H14F3NO/c1-10(19)12-4-2-3-5-13(12)18-8-6-11(7-9-18)14(15,16)17/h2-6H,7-9H2,1H3. The minimum Gasteiger partial charge on any atom is -0.367 e. The van der Waals surface area contributed by atoms with Gasteiger partial charge in [-0.15, -0.1) is 0 Å². The number of carbonyl (C=O) groups is 1. The largest absolute Gasteiger partial charge is 0.412 e. The number of carbonyl (C=O) groups excluding carboxylic acids is 1. The lowest BCUT2D eigenvalue weighted by Crippen LogP contribution is -2.32. The third-order valence-corrected chi connectivity index (χ3v) is 3.20. The average molecular weight is 269 g/mol. The number of para-hydroxylation sites is 1. The summed E-state index contributed by atoms with van der Waals surface area (Å²) in [6.07, 6.45) is -3.09. The Hall–Kier alpha value is -1.78. The molecule has 2 nitrogen and oxygen atoms in total. The zero-order valence-electron chi connectivity index (χ0n) is 10.5. The molecule has 0 fully saturated rings. The molecule has 0 radical (unpaired) electrons. The third kappa shape index (κ3) is 2.97. The van der Waals surface area contributed by atoms with E-state index in [1.165, 1.54) is 13.0 Å². The van der Waals surface area contributed by atoms with E-state index in [0.29, 0.717) is 11.3 Å². The lowest BCUT2D eigenvalue weighted by molar-refractivity contribution is -0.0944. The van der Waals surface area contributed by atoms with Gasteiger partial charge in [0.25, 0.3) is 0 Å². The van der Waals surface area contributed by atoms with Gasteiger partial charge in [-0.2, -0.15) is 13.2 Å². The Balaban J connectivity index is 2.23. The molecule has 0 aromatic heterocycles. The molecule has 0 amide bonds. The van der Waals surface area contributed by atoms with Crippen LogP contribution in [-0.2, 0) is 0 Å². The molecule has 1 aliphatic rings. The van der Waals surface area contributed by atoms with E-state index in [1.54, 1.807) is 29.2 Å². The molecule has 0 aliphatic carbocycles. The highest BCUT2D eigenvalue weighted by Crippen LogP contribution is 2.32. The van der Waals surface area contributed by atoms with Crippen molar-refractivity contribution in [3.63, 3.8) is 0 Å². The first-order chi connectivity index (χ1) is 8.89. The monoisotopic (exact) mass is 269 g/mol. The van der Waals surface area contributed by atoms with E-state index in [9.17, 15) is 18.0 Å². The highest BCUT2D eigenvalue weighted by Gasteiger charge is 2.35. The van der Waals surface area contributed by atoms with Crippen LogP contribution >= 0.6 is 0 Å². The van der Waals surface area contributed by atoms with Crippen molar-refractivity contribution in [2.24, 2.45) is 0 Å². The third-order valence-electron chi connectivity index (χ3n) is 3.20. The number of alkyl halides is 3. The van der Waals surface area contributed by atoms with Crippen molar-refractivity contribution >= 4 is 11.5 Å². The molecule has 0 spiro atoms. The van der Waals surface area contributed by atoms with Crippen molar-refractivity contribution in [2.75, 3.05) is 18.0 Å². The molecule has 1 aromatic rings. The number of ketones is 1. The SMILES string of the molecule is CC(=O)c1ccccc1N1CC=C(C(F)(F)F)CC1. The fourth-order valence-electron chi connectivity index (χ4n) is 2.19. The second kappa shape index (κ2) is 5.07. The van der Waals surface area contributed by atoms with Crippen molar-refractivity contribution in [1.82, 2.24) is 0 Å². The van der Waals surface area contributed by atoms with Gasteiger partial charge in [0.15, 0.2) is 5.78 Å². The van der Waals surface area contributed by atoms with E-state index in [4.69, 9.17) is 0 Å². The molecule has 1 aromatic carbocycles. The fraction of sp³-hybridized carbons (Fsp3) is 0.357. The Morgan fingerprint density at radius 1 is 1.26 bits per heavy atom. The topological polar surface area (TPSA) is 20.3 Å². The summed E-state index contributed by atoms with van der Waals surface area (Å²) < 4.78 is 37.6. The Morgan fingerprint density at radius 3 is 2.47 bits per heavy atom. The molecule has 1 aliphatic heterocycles. The van der Waals surface area contributed by atoms with Crippen LogP contribution in [0.4, 0.5) is 18.9 Å². The van der Waals surface area contributed by atoms with Crippen molar-refractivity contribution in [1.29, 1.82) is 0 Å². The number of nitrogens with zero attached hydrogens (tertiary/aromatic N) is 1. The van der Waals surface area contributed by atoms with Crippen LogP contribution in [0.2, 0.25) is 0 Å². The van der Waals surface area contributed by atoms with E-state index in [-0.39, 0.29) is 25.3 Å². The first-order valence-electron chi connectivity index (χ1n) is 6.00. The molecule has 5 heteroatoms. The van der Waals surface area contributed by atoms with Crippen molar-refractivity contribution in [2.45, 2.75) is 19.5 Å². The zero-order valence-corrected chi connectivity index (χ0v) is 10.5. The van der Waals surface area contributed by atoms with E-state index in [0.717, 1.165) is 0 Å². The zero-order chi connectivity index (χ0) is 14.0. The van der Waals surface area contributed by atoms with Gasteiger partial charge in [0.1, 0.15) is 0 Å². The van der Waals surface area contributed by atoms with Crippen LogP contribution in [0.15, 0.2) is 35.9 Å². The van der Waals surface area contributed by atoms with Gasteiger partial charge in [0.05, 0.1) is 0 Å². The Morgan fingerprint density at radius 2 is 1.95 bits per heavy atom. The molecule has 0 saturated heterocycles. The summed E-state index contributed by atoms with van der Waals surface area (Å²) in [5.41, 5.74) is 0.767. The first-order valence-corrected chi connectivity index (χ1v) is 6.00. The van der Waals surface area contributed by atoms with Gasteiger partial charge in [0.2, 0.25) is 0 Å². The molecule has 0 unspecified atom stereocenters. The van der Waals surface area contributed by atoms with Gasteiger partial charge in [-0.05, 0) is 25.5 Å². The summed E-state index contributed by atoms with van der Waals surface area (Å²) in [7, 11) is 0. The molecule has 0 saturated carbocycles. The molecular weight excluding hydrogens is 255 g/mol. The predicted octanol–water partition coefficient (Wildman–Crippen LogP) is 3.59. The summed E-state index contributed by atoms with van der Waals surface area (Å²) >= 11 is 0. The summed E-state index contributed by atoms with van der Waals surface area (Å²) in [6, 6.07) is 7.00. The minimum atomic E-state index is -4.24. The number of Topliss-reactive ketones (excluding diaryl/α,β-unsaturated/α-hetero) is 1. The van der Waals surface area contributed by atoms with Gasteiger partial charge >= 0.3 is 6.18 Å². The van der Waals surface area contributed by atoms with Crippen LogP contribution in [0.1, 0.15) is 23.7 Å². The van der Waals surface area contributed by atoms with Crippen LogP contribution in [0.25, 0.3) is 0 Å². The van der Waals surface area contributed by atoms with Crippen LogP contribution in [0.3, 0.4) is 0 Å². The van der Waals surface area contributed by atoms with E-state index in [2.05, 4.69) is 0 Å². The Kier molecular flexibility index (Phi) is 3.64. The molecule has 1 heterocycles. The molecule has 0 bridgehead atoms. The van der Waals surface area contributed by atoms with Crippen molar-refractivity contribution in [3.05, 3.63) is 41.5 Å². The predicted molar refractivity (Wildman–Crippen MR) is 67.4 cm³/mol. The number of rotatable bonds is 2. The second-order valence-corrected chi connectivity index (χ2v) is 4.50. The molecular formula is C14H14F3NO. The molecule has 102 valence electrons. The number of halogens is 3. The van der Waals surface area contributed by atoms with Crippen LogP contribution < -0.4 is 4.90 Å². The summed E-state index contributed by atoms with van der Waals surface area (Å²) in [5.74, 6) is -0.0822. The Labute approximate surface area is 109 Å². The lowest BCUT2D eigenvalue weighted by atomic mass is 10.0. The number of hydrogen-bond acceptors (Lipinski definition) is 2. The second-order valence-electron chi connectivity index (χ2n) is 4.50. The summed E-state index contributed by atoms with van der Waals surface area (Å²) in [4.78, 5) is 13.3. The van der Waals surface area contributed by atoms with E-state index >= 15 is 0 Å². The van der Waals surface area contributed by atoms with Gasteiger partial charge < -0.3 is 4.90 Å². The molecule has 19 heavy (non-hydrogen) atoms. The summed E-state index contributed by atoms with van der Waals surface area (Å²) in [6.45, 7) is 1.91. The number of anilines is 1. The highest BCUT2D eigenvalue weighted by molar-refractivity contribution is 5.99.